The fraction of sp³-hybridized carbons (Fsp3) is 0.316. The fourth-order valence-electron chi connectivity index (χ4n) is 3.64. The van der Waals surface area contributed by atoms with Gasteiger partial charge in [-0.15, -0.1) is 0 Å². The van der Waals surface area contributed by atoms with E-state index in [4.69, 9.17) is 4.11 Å². The van der Waals surface area contributed by atoms with Crippen molar-refractivity contribution < 1.29 is 8.91 Å². The number of carbonyl (C=O) groups is 1. The van der Waals surface area contributed by atoms with Crippen LogP contribution in [0.4, 0.5) is 0 Å². The Morgan fingerprint density at radius 1 is 1.27 bits per heavy atom. The van der Waals surface area contributed by atoms with E-state index in [1.165, 1.54) is 0 Å². The molecule has 2 heterocycles. The third-order valence-corrected chi connectivity index (χ3v) is 4.82. The first-order chi connectivity index (χ1) is 11.9. The van der Waals surface area contributed by atoms with Gasteiger partial charge in [-0.1, -0.05) is 18.2 Å². The van der Waals surface area contributed by atoms with Gasteiger partial charge in [-0.3, -0.25) is 4.79 Å². The van der Waals surface area contributed by atoms with Gasteiger partial charge in [0.2, 0.25) is 0 Å². The van der Waals surface area contributed by atoms with E-state index in [-0.39, 0.29) is 11.7 Å². The Kier molecular flexibility index (Phi) is 2.31. The monoisotopic (exact) mass is 295 g/mol. The lowest BCUT2D eigenvalue weighted by Crippen LogP contribution is -2.27. The Morgan fingerprint density at radius 2 is 2.14 bits per heavy atom. The molecular weight excluding hydrogens is 272 g/mol. The van der Waals surface area contributed by atoms with E-state index in [0.717, 1.165) is 35.0 Å². The van der Waals surface area contributed by atoms with Crippen molar-refractivity contribution in [2.24, 2.45) is 13.0 Å². The van der Waals surface area contributed by atoms with Crippen molar-refractivity contribution in [3.63, 3.8) is 0 Å². The van der Waals surface area contributed by atoms with Crippen LogP contribution in [0.15, 0.2) is 42.6 Å². The molecule has 0 saturated carbocycles. The minimum Gasteiger partial charge on any atom is -0.351 e. The van der Waals surface area contributed by atoms with Crippen LogP contribution in [0.25, 0.3) is 10.9 Å². The second-order valence-electron chi connectivity index (χ2n) is 6.04. The molecule has 0 saturated heterocycles. The largest absolute Gasteiger partial charge is 0.351 e. The van der Waals surface area contributed by atoms with Crippen LogP contribution in [0.2, 0.25) is 0 Å². The Hall–Kier alpha value is -2.29. The van der Waals surface area contributed by atoms with Gasteiger partial charge in [0.05, 0.1) is 0 Å². The van der Waals surface area contributed by atoms with E-state index in [1.54, 1.807) is 22.9 Å². The van der Waals surface area contributed by atoms with Gasteiger partial charge in [0.25, 0.3) is 0 Å². The zero-order chi connectivity index (χ0) is 17.8. The molecule has 0 fully saturated rings. The number of Topliss-reactive ketones (excluding diaryl/α,β-unsaturated/α-hetero) is 1. The molecule has 0 spiro atoms. The molecule has 1 aliphatic rings. The lowest BCUT2D eigenvalue weighted by molar-refractivity contribution is 0.0888. The van der Waals surface area contributed by atoms with Crippen molar-refractivity contribution in [1.29, 1.82) is 0 Å². The maximum atomic E-state index is 13.2. The van der Waals surface area contributed by atoms with Gasteiger partial charge in [-0.25, -0.2) is 0 Å². The highest BCUT2D eigenvalue weighted by molar-refractivity contribution is 6.11. The Balaban J connectivity index is 1.71. The molecule has 0 radical (unpaired) electrons. The molecule has 4 rings (SSSR count). The normalized spacial score (nSPS) is 20.5. The molecular formula is C19H20N2O. The van der Waals surface area contributed by atoms with Crippen LogP contribution in [-0.2, 0) is 20.0 Å². The van der Waals surface area contributed by atoms with Crippen LogP contribution in [0.1, 0.15) is 32.3 Å². The minimum absolute atomic E-state index is 0.128. The van der Waals surface area contributed by atoms with Gasteiger partial charge in [0.1, 0.15) is 0 Å². The molecule has 0 N–H and O–H groups in total. The number of nitrogens with zero attached hydrogens (tertiary/aromatic N) is 2. The highest BCUT2D eigenvalue weighted by Crippen LogP contribution is 2.34. The summed E-state index contributed by atoms with van der Waals surface area (Å²) in [5.74, 6) is -0.0601. The number of ketones is 1. The number of hydrogen-bond donors (Lipinski definition) is 0. The molecule has 0 amide bonds. The molecule has 1 unspecified atom stereocenters. The summed E-state index contributed by atoms with van der Waals surface area (Å²) in [5, 5.41) is 0.998. The van der Waals surface area contributed by atoms with E-state index >= 15 is 0 Å². The molecule has 0 aliphatic heterocycles. The quantitative estimate of drug-likeness (QED) is 0.707. The first kappa shape index (κ1) is 10.4. The van der Waals surface area contributed by atoms with Gasteiger partial charge < -0.3 is 9.13 Å². The Labute approximate surface area is 134 Å². The van der Waals surface area contributed by atoms with E-state index in [2.05, 4.69) is 4.57 Å². The van der Waals surface area contributed by atoms with E-state index < -0.39 is 6.85 Å². The second kappa shape index (κ2) is 4.87. The standard InChI is InChI=1S/C19H20N2O/c1-13-6-5-11-21(13)12-14-9-10-17-18(19(14)22)15-7-3-4-8-16(15)20(17)2/h3-8,11,14H,9-10,12H2,1-2H3/i1D3. The summed E-state index contributed by atoms with van der Waals surface area (Å²) in [6, 6.07) is 11.3. The molecule has 3 heteroatoms. The molecule has 0 bridgehead atoms. The molecule has 22 heavy (non-hydrogen) atoms. The topological polar surface area (TPSA) is 26.9 Å². The highest BCUT2D eigenvalue weighted by Gasteiger charge is 2.32. The first-order valence-electron chi connectivity index (χ1n) is 9.14. The predicted octanol–water partition coefficient (Wildman–Crippen LogP) is 3.73. The van der Waals surface area contributed by atoms with Crippen molar-refractivity contribution in [3.8, 4) is 0 Å². The first-order valence-corrected chi connectivity index (χ1v) is 7.64. The molecule has 3 nitrogen and oxygen atoms in total. The smallest absolute Gasteiger partial charge is 0.170 e. The zero-order valence-corrected chi connectivity index (χ0v) is 12.5. The number of rotatable bonds is 2. The number of aromatic nitrogens is 2. The Bertz CT molecular complexity index is 965. The SMILES string of the molecule is [2H]C([2H])([2H])c1cccn1CC1CCc2c(c3ccccc3n2C)C1=O. The lowest BCUT2D eigenvalue weighted by Gasteiger charge is -2.23. The van der Waals surface area contributed by atoms with Crippen molar-refractivity contribution in [2.75, 3.05) is 0 Å². The van der Waals surface area contributed by atoms with Gasteiger partial charge in [-0.2, -0.15) is 0 Å². The molecule has 1 aliphatic carbocycles. The maximum Gasteiger partial charge on any atom is 0.170 e. The second-order valence-corrected chi connectivity index (χ2v) is 6.04. The Morgan fingerprint density at radius 3 is 3.00 bits per heavy atom. The van der Waals surface area contributed by atoms with Crippen molar-refractivity contribution >= 4 is 16.7 Å². The lowest BCUT2D eigenvalue weighted by atomic mass is 9.85. The average molecular weight is 295 g/mol. The molecule has 3 aromatic rings. The van der Waals surface area contributed by atoms with Crippen molar-refractivity contribution in [1.82, 2.24) is 9.13 Å². The van der Waals surface area contributed by atoms with Crippen molar-refractivity contribution in [2.45, 2.75) is 26.2 Å². The van der Waals surface area contributed by atoms with Gasteiger partial charge in [-0.05, 0) is 37.9 Å². The predicted molar refractivity (Wildman–Crippen MR) is 88.2 cm³/mol. The summed E-state index contributed by atoms with van der Waals surface area (Å²) in [4.78, 5) is 13.2. The number of hydrogen-bond acceptors (Lipinski definition) is 1. The molecule has 112 valence electrons. The summed E-state index contributed by atoms with van der Waals surface area (Å²) in [6.07, 6.45) is 3.34. The zero-order valence-electron chi connectivity index (χ0n) is 15.5. The van der Waals surface area contributed by atoms with Crippen LogP contribution in [0.5, 0.6) is 0 Å². The molecule has 1 atom stereocenters. The van der Waals surface area contributed by atoms with Crippen LogP contribution in [-0.4, -0.2) is 14.9 Å². The summed E-state index contributed by atoms with van der Waals surface area (Å²) in [7, 11) is 2.01. The number of para-hydroxylation sites is 1. The summed E-state index contributed by atoms with van der Waals surface area (Å²) in [6.45, 7) is -1.74. The van der Waals surface area contributed by atoms with Crippen LogP contribution < -0.4 is 0 Å². The van der Waals surface area contributed by atoms with Gasteiger partial charge in [0.15, 0.2) is 5.78 Å². The third-order valence-electron chi connectivity index (χ3n) is 4.82. The number of benzene rings is 1. The van der Waals surface area contributed by atoms with Crippen molar-refractivity contribution in [3.05, 3.63) is 59.5 Å². The number of fused-ring (bicyclic) bond motifs is 3. The van der Waals surface area contributed by atoms with E-state index in [0.29, 0.717) is 12.2 Å². The molecule has 2 aromatic heterocycles. The number of aryl methyl sites for hydroxylation is 2. The number of carbonyl (C=O) groups excluding carboxylic acids is 1. The fourth-order valence-corrected chi connectivity index (χ4v) is 3.64. The maximum absolute atomic E-state index is 13.2. The average Bonchev–Trinajstić information content (AvgIpc) is 3.14. The third kappa shape index (κ3) is 1.85. The van der Waals surface area contributed by atoms with Gasteiger partial charge in [0, 0.05) is 57.7 Å². The summed E-state index contributed by atoms with van der Waals surface area (Å²) in [5.41, 5.74) is 3.28. The summed E-state index contributed by atoms with van der Waals surface area (Å²) >= 11 is 0. The van der Waals surface area contributed by atoms with Gasteiger partial charge >= 0.3 is 0 Å². The molecule has 1 aromatic carbocycles. The van der Waals surface area contributed by atoms with E-state index in [9.17, 15) is 4.79 Å². The highest BCUT2D eigenvalue weighted by atomic mass is 16.1. The van der Waals surface area contributed by atoms with Crippen LogP contribution in [0.3, 0.4) is 0 Å². The van der Waals surface area contributed by atoms with Crippen LogP contribution in [0, 0.1) is 12.8 Å². The summed E-state index contributed by atoms with van der Waals surface area (Å²) < 4.78 is 26.8. The van der Waals surface area contributed by atoms with Crippen LogP contribution >= 0.6 is 0 Å². The minimum atomic E-state index is -2.16. The van der Waals surface area contributed by atoms with E-state index in [1.807, 2.05) is 31.3 Å².